The number of nitrogens with zero attached hydrogens (tertiary/aromatic N) is 1. The van der Waals surface area contributed by atoms with Crippen molar-refractivity contribution in [1.82, 2.24) is 4.98 Å². The zero-order chi connectivity index (χ0) is 11.8. The molecule has 0 radical (unpaired) electrons. The molecule has 84 valence electrons. The molecule has 0 unspecified atom stereocenters. The van der Waals surface area contributed by atoms with E-state index in [4.69, 9.17) is 5.73 Å². The molecule has 0 atom stereocenters. The second kappa shape index (κ2) is 3.66. The predicted molar refractivity (Wildman–Crippen MR) is 44.9 cm³/mol. The fourth-order valence-electron chi connectivity index (χ4n) is 0.953. The van der Waals surface area contributed by atoms with Crippen LogP contribution in [0.15, 0.2) is 11.0 Å². The molecule has 0 aliphatic heterocycles. The van der Waals surface area contributed by atoms with Crippen molar-refractivity contribution >= 4 is 15.8 Å². The van der Waals surface area contributed by atoms with Crippen molar-refractivity contribution in [2.24, 2.45) is 5.14 Å². The minimum Gasteiger partial charge on any atom is -0.384 e. The maximum atomic E-state index is 12.9. The van der Waals surface area contributed by atoms with E-state index in [9.17, 15) is 21.6 Å². The van der Waals surface area contributed by atoms with Gasteiger partial charge in [0.15, 0.2) is 0 Å². The first-order chi connectivity index (χ1) is 6.73. The summed E-state index contributed by atoms with van der Waals surface area (Å²) in [5.74, 6) is -2.19. The Morgan fingerprint density at radius 2 is 1.93 bits per heavy atom. The van der Waals surface area contributed by atoms with Gasteiger partial charge in [0.25, 0.3) is 6.43 Å². The van der Waals surface area contributed by atoms with Crippen LogP contribution in [-0.2, 0) is 10.0 Å². The fraction of sp³-hybridized carbons (Fsp3) is 0.167. The molecular formula is C6H6F3N3O2S. The molecule has 0 spiro atoms. The van der Waals surface area contributed by atoms with Crippen LogP contribution < -0.4 is 10.9 Å². The second-order valence-electron chi connectivity index (χ2n) is 2.60. The van der Waals surface area contributed by atoms with Gasteiger partial charge in [-0.3, -0.25) is 0 Å². The first-order valence-corrected chi connectivity index (χ1v) is 5.05. The summed E-state index contributed by atoms with van der Waals surface area (Å²) >= 11 is 0. The van der Waals surface area contributed by atoms with E-state index in [0.29, 0.717) is 6.07 Å². The summed E-state index contributed by atoms with van der Waals surface area (Å²) in [5, 5.41) is 4.62. The number of hydrogen-bond acceptors (Lipinski definition) is 4. The summed E-state index contributed by atoms with van der Waals surface area (Å²) in [6.45, 7) is 0. The molecule has 1 aromatic heterocycles. The van der Waals surface area contributed by atoms with Crippen LogP contribution in [0.1, 0.15) is 12.0 Å². The van der Waals surface area contributed by atoms with Crippen LogP contribution in [0.4, 0.5) is 19.0 Å². The van der Waals surface area contributed by atoms with Crippen LogP contribution in [0.25, 0.3) is 0 Å². The van der Waals surface area contributed by atoms with Crippen LogP contribution >= 0.6 is 0 Å². The van der Waals surface area contributed by atoms with Crippen molar-refractivity contribution in [3.8, 4) is 0 Å². The molecule has 0 aliphatic carbocycles. The highest BCUT2D eigenvalue weighted by Crippen LogP contribution is 2.28. The SMILES string of the molecule is Nc1cc(S(N)(=O)=O)c(C(F)F)c(F)n1. The molecule has 0 bridgehead atoms. The van der Waals surface area contributed by atoms with Gasteiger partial charge in [0.05, 0.1) is 10.5 Å². The van der Waals surface area contributed by atoms with E-state index < -0.39 is 38.7 Å². The molecule has 1 heterocycles. The third-order valence-electron chi connectivity index (χ3n) is 1.52. The maximum absolute atomic E-state index is 12.9. The van der Waals surface area contributed by atoms with E-state index in [0.717, 1.165) is 0 Å². The molecule has 9 heteroatoms. The Kier molecular flexibility index (Phi) is 2.86. The Morgan fingerprint density at radius 3 is 2.33 bits per heavy atom. The lowest BCUT2D eigenvalue weighted by atomic mass is 10.3. The van der Waals surface area contributed by atoms with Crippen molar-refractivity contribution in [3.63, 3.8) is 0 Å². The van der Waals surface area contributed by atoms with Gasteiger partial charge in [0.1, 0.15) is 5.82 Å². The quantitative estimate of drug-likeness (QED) is 0.731. The summed E-state index contributed by atoms with van der Waals surface area (Å²) < 4.78 is 59.2. The highest BCUT2D eigenvalue weighted by molar-refractivity contribution is 7.89. The summed E-state index contributed by atoms with van der Waals surface area (Å²) in [5.41, 5.74) is 3.64. The van der Waals surface area contributed by atoms with Crippen molar-refractivity contribution < 1.29 is 21.6 Å². The Bertz CT molecular complexity index is 489. The third kappa shape index (κ3) is 2.36. The minimum absolute atomic E-state index is 0.541. The Hall–Kier alpha value is -1.35. The second-order valence-corrected chi connectivity index (χ2v) is 4.13. The molecule has 0 saturated carbocycles. The van der Waals surface area contributed by atoms with E-state index >= 15 is 0 Å². The average molecular weight is 241 g/mol. The van der Waals surface area contributed by atoms with E-state index in [1.807, 2.05) is 0 Å². The predicted octanol–water partition coefficient (Wildman–Crippen LogP) is 0.388. The van der Waals surface area contributed by atoms with Crippen LogP contribution in [0.5, 0.6) is 0 Å². The number of hydrogen-bond donors (Lipinski definition) is 2. The van der Waals surface area contributed by atoms with Crippen molar-refractivity contribution in [2.75, 3.05) is 5.73 Å². The number of pyridine rings is 1. The smallest absolute Gasteiger partial charge is 0.269 e. The lowest BCUT2D eigenvalue weighted by molar-refractivity contribution is 0.141. The molecule has 1 rings (SSSR count). The number of sulfonamides is 1. The summed E-state index contributed by atoms with van der Waals surface area (Å²) in [6.07, 6.45) is -3.34. The maximum Gasteiger partial charge on any atom is 0.269 e. The fourth-order valence-corrected chi connectivity index (χ4v) is 1.72. The van der Waals surface area contributed by atoms with E-state index in [1.165, 1.54) is 0 Å². The summed E-state index contributed by atoms with van der Waals surface area (Å²) in [6, 6.07) is 0.583. The van der Waals surface area contributed by atoms with Crippen molar-refractivity contribution in [3.05, 3.63) is 17.6 Å². The molecule has 15 heavy (non-hydrogen) atoms. The first-order valence-electron chi connectivity index (χ1n) is 3.50. The standard InChI is InChI=1S/C6H6F3N3O2S/c7-5(8)4-2(15(11,13)14)1-3(10)12-6(4)9/h1,5H,(H2,10,12)(H2,11,13,14). The van der Waals surface area contributed by atoms with Gasteiger partial charge < -0.3 is 5.73 Å². The van der Waals surface area contributed by atoms with Gasteiger partial charge in [-0.05, 0) is 0 Å². The highest BCUT2D eigenvalue weighted by atomic mass is 32.2. The van der Waals surface area contributed by atoms with Gasteiger partial charge in [-0.25, -0.2) is 27.3 Å². The lowest BCUT2D eigenvalue weighted by Crippen LogP contribution is -2.17. The number of alkyl halides is 2. The molecule has 0 saturated heterocycles. The number of aromatic nitrogens is 1. The molecule has 0 aliphatic rings. The van der Waals surface area contributed by atoms with Gasteiger partial charge >= 0.3 is 0 Å². The zero-order valence-corrected chi connectivity index (χ0v) is 7.93. The van der Waals surface area contributed by atoms with Crippen molar-refractivity contribution in [1.29, 1.82) is 0 Å². The van der Waals surface area contributed by atoms with Gasteiger partial charge in [0, 0.05) is 6.07 Å². The van der Waals surface area contributed by atoms with E-state index in [2.05, 4.69) is 10.1 Å². The van der Waals surface area contributed by atoms with E-state index in [-0.39, 0.29) is 0 Å². The van der Waals surface area contributed by atoms with Gasteiger partial charge in [-0.1, -0.05) is 0 Å². The number of halogens is 3. The van der Waals surface area contributed by atoms with Crippen molar-refractivity contribution in [2.45, 2.75) is 11.3 Å². The molecule has 1 aromatic rings. The Morgan fingerprint density at radius 1 is 1.40 bits per heavy atom. The Balaban J connectivity index is 3.62. The lowest BCUT2D eigenvalue weighted by Gasteiger charge is -2.07. The van der Waals surface area contributed by atoms with Crippen LogP contribution in [-0.4, -0.2) is 13.4 Å². The summed E-state index contributed by atoms with van der Waals surface area (Å²) in [7, 11) is -4.46. The average Bonchev–Trinajstić information content (AvgIpc) is 1.99. The zero-order valence-electron chi connectivity index (χ0n) is 7.12. The number of anilines is 1. The molecular weight excluding hydrogens is 235 g/mol. The molecule has 0 aromatic carbocycles. The minimum atomic E-state index is -4.46. The summed E-state index contributed by atoms with van der Waals surface area (Å²) in [4.78, 5) is 1.83. The molecule has 0 fully saturated rings. The monoisotopic (exact) mass is 241 g/mol. The van der Waals surface area contributed by atoms with Crippen LogP contribution in [0.2, 0.25) is 0 Å². The molecule has 0 amide bonds. The number of primary sulfonamides is 1. The van der Waals surface area contributed by atoms with Gasteiger partial charge in [-0.15, -0.1) is 0 Å². The number of nitrogen functional groups attached to an aromatic ring is 1. The van der Waals surface area contributed by atoms with Gasteiger partial charge in [-0.2, -0.15) is 4.39 Å². The van der Waals surface area contributed by atoms with Gasteiger partial charge in [0.2, 0.25) is 16.0 Å². The molecule has 5 nitrogen and oxygen atoms in total. The van der Waals surface area contributed by atoms with Crippen LogP contribution in [0, 0.1) is 5.95 Å². The molecule has 4 N–H and O–H groups in total. The number of nitrogens with two attached hydrogens (primary N) is 2. The largest absolute Gasteiger partial charge is 0.384 e. The third-order valence-corrected chi connectivity index (χ3v) is 2.47. The highest BCUT2D eigenvalue weighted by Gasteiger charge is 2.26. The number of rotatable bonds is 2. The topological polar surface area (TPSA) is 99.1 Å². The first kappa shape index (κ1) is 11.7. The van der Waals surface area contributed by atoms with Crippen LogP contribution in [0.3, 0.4) is 0 Å². The normalized spacial score (nSPS) is 12.1. The van der Waals surface area contributed by atoms with E-state index in [1.54, 1.807) is 0 Å². The Labute approximate surface area is 83.0 Å².